The van der Waals surface area contributed by atoms with Crippen LogP contribution in [-0.4, -0.2) is 46.9 Å². The van der Waals surface area contributed by atoms with Gasteiger partial charge in [-0.3, -0.25) is 0 Å². The number of hydrogen-bond donors (Lipinski definition) is 1. The lowest BCUT2D eigenvalue weighted by molar-refractivity contribution is 0.509. The highest BCUT2D eigenvalue weighted by molar-refractivity contribution is 7.87. The number of benzene rings is 1. The van der Waals surface area contributed by atoms with Crippen molar-refractivity contribution in [1.82, 2.24) is 23.1 Å². The fourth-order valence-electron chi connectivity index (χ4n) is 3.02. The van der Waals surface area contributed by atoms with Gasteiger partial charge in [-0.2, -0.15) is 12.7 Å². The van der Waals surface area contributed by atoms with Crippen molar-refractivity contribution in [2.24, 2.45) is 7.05 Å². The fraction of sp³-hybridized carbons (Fsp3) is 0.389. The third-order valence-electron chi connectivity index (χ3n) is 4.68. The summed E-state index contributed by atoms with van der Waals surface area (Å²) < 4.78 is 29.1. The molecule has 3 rings (SSSR count). The summed E-state index contributed by atoms with van der Waals surface area (Å²) in [6.07, 6.45) is 2.26. The van der Waals surface area contributed by atoms with Crippen molar-refractivity contribution in [3.63, 3.8) is 0 Å². The minimum atomic E-state index is -3.52. The molecule has 0 fully saturated rings. The molecule has 3 aromatic rings. The summed E-state index contributed by atoms with van der Waals surface area (Å²) in [4.78, 5) is 4.25. The summed E-state index contributed by atoms with van der Waals surface area (Å²) in [5, 5.41) is 4.60. The zero-order valence-electron chi connectivity index (χ0n) is 15.6. The minimum Gasteiger partial charge on any atom is -0.348 e. The molecule has 0 unspecified atom stereocenters. The van der Waals surface area contributed by atoms with Crippen molar-refractivity contribution in [2.75, 3.05) is 20.6 Å². The monoisotopic (exact) mass is 375 g/mol. The van der Waals surface area contributed by atoms with Crippen molar-refractivity contribution in [3.05, 3.63) is 53.7 Å². The molecule has 2 aromatic heterocycles. The summed E-state index contributed by atoms with van der Waals surface area (Å²) in [6.45, 7) is 3.09. The van der Waals surface area contributed by atoms with Gasteiger partial charge in [0.05, 0.1) is 11.4 Å². The van der Waals surface area contributed by atoms with Gasteiger partial charge < -0.3 is 9.88 Å². The lowest BCUT2D eigenvalue weighted by Gasteiger charge is -2.13. The Kier molecular flexibility index (Phi) is 5.17. The predicted molar refractivity (Wildman–Crippen MR) is 103 cm³/mol. The van der Waals surface area contributed by atoms with Crippen molar-refractivity contribution in [1.29, 1.82) is 0 Å². The number of imidazole rings is 1. The van der Waals surface area contributed by atoms with Gasteiger partial charge >= 0.3 is 10.2 Å². The lowest BCUT2D eigenvalue weighted by Crippen LogP contribution is -2.29. The quantitative estimate of drug-likeness (QED) is 0.638. The highest BCUT2D eigenvalue weighted by atomic mass is 32.2. The Bertz CT molecular complexity index is 1020. The first-order valence-corrected chi connectivity index (χ1v) is 9.92. The van der Waals surface area contributed by atoms with E-state index in [1.165, 1.54) is 45.3 Å². The Hall–Kier alpha value is -2.16. The van der Waals surface area contributed by atoms with E-state index in [4.69, 9.17) is 0 Å². The lowest BCUT2D eigenvalue weighted by atomic mass is 10.2. The van der Waals surface area contributed by atoms with Crippen LogP contribution in [0.4, 0.5) is 0 Å². The van der Waals surface area contributed by atoms with Crippen LogP contribution in [0, 0.1) is 6.92 Å². The van der Waals surface area contributed by atoms with Crippen LogP contribution in [0.1, 0.15) is 17.1 Å². The van der Waals surface area contributed by atoms with E-state index in [9.17, 15) is 8.42 Å². The normalized spacial score (nSPS) is 12.3. The van der Waals surface area contributed by atoms with Crippen molar-refractivity contribution < 1.29 is 8.42 Å². The van der Waals surface area contributed by atoms with Gasteiger partial charge in [-0.25, -0.2) is 8.96 Å². The second-order valence-electron chi connectivity index (χ2n) is 6.54. The maximum Gasteiger partial charge on any atom is 0.308 e. The third kappa shape index (κ3) is 3.40. The van der Waals surface area contributed by atoms with E-state index in [2.05, 4.69) is 40.1 Å². The molecule has 0 saturated heterocycles. The van der Waals surface area contributed by atoms with Gasteiger partial charge in [0, 0.05) is 51.9 Å². The molecule has 2 heterocycles. The van der Waals surface area contributed by atoms with Crippen LogP contribution >= 0.6 is 0 Å². The summed E-state index contributed by atoms with van der Waals surface area (Å²) >= 11 is 0. The first kappa shape index (κ1) is 18.6. The molecule has 0 bridgehead atoms. The molecule has 7 nitrogen and oxygen atoms in total. The zero-order valence-corrected chi connectivity index (χ0v) is 16.4. The molecule has 26 heavy (non-hydrogen) atoms. The van der Waals surface area contributed by atoms with Crippen LogP contribution in [0.25, 0.3) is 10.9 Å². The first-order valence-electron chi connectivity index (χ1n) is 8.52. The number of aryl methyl sites for hydroxylation is 1. The molecule has 140 valence electrons. The Morgan fingerprint density at radius 1 is 1.23 bits per heavy atom. The number of nitrogens with zero attached hydrogens (tertiary/aromatic N) is 4. The smallest absolute Gasteiger partial charge is 0.308 e. The third-order valence-corrected chi connectivity index (χ3v) is 6.47. The average molecular weight is 375 g/mol. The standard InChI is InChI=1S/C18H25N5O2S/c1-14-17(20-13-23(14)26(24,25)21(2)3)12-19-10-9-16-11-15-7-5-6-8-18(15)22(16)4/h5-8,11,13,19H,9-10,12H2,1-4H3. The first-order chi connectivity index (χ1) is 12.3. The highest BCUT2D eigenvalue weighted by Gasteiger charge is 2.20. The van der Waals surface area contributed by atoms with Crippen LogP contribution in [-0.2, 0) is 30.2 Å². The van der Waals surface area contributed by atoms with E-state index >= 15 is 0 Å². The van der Waals surface area contributed by atoms with Crippen molar-refractivity contribution in [3.8, 4) is 0 Å². The van der Waals surface area contributed by atoms with E-state index < -0.39 is 10.2 Å². The molecule has 0 amide bonds. The second-order valence-corrected chi connectivity index (χ2v) is 8.56. The second kappa shape index (κ2) is 7.22. The highest BCUT2D eigenvalue weighted by Crippen LogP contribution is 2.18. The van der Waals surface area contributed by atoms with Crippen LogP contribution < -0.4 is 5.32 Å². The molecule has 0 aliphatic rings. The summed E-state index contributed by atoms with van der Waals surface area (Å²) in [5.41, 5.74) is 3.87. The van der Waals surface area contributed by atoms with Gasteiger partial charge in [0.2, 0.25) is 0 Å². The Morgan fingerprint density at radius 3 is 2.65 bits per heavy atom. The van der Waals surface area contributed by atoms with Gasteiger partial charge in [0.1, 0.15) is 6.33 Å². The maximum atomic E-state index is 12.2. The summed E-state index contributed by atoms with van der Waals surface area (Å²) in [5.74, 6) is 0. The molecule has 8 heteroatoms. The number of para-hydroxylation sites is 1. The van der Waals surface area contributed by atoms with E-state index in [0.717, 1.165) is 18.7 Å². The average Bonchev–Trinajstić information content (AvgIpc) is 3.13. The van der Waals surface area contributed by atoms with Crippen molar-refractivity contribution in [2.45, 2.75) is 19.9 Å². The molecular formula is C18H25N5O2S. The van der Waals surface area contributed by atoms with E-state index in [-0.39, 0.29) is 0 Å². The molecule has 0 aliphatic heterocycles. The molecule has 1 N–H and O–H groups in total. The molecule has 0 spiro atoms. The number of nitrogens with one attached hydrogen (secondary N) is 1. The molecule has 0 aliphatic carbocycles. The van der Waals surface area contributed by atoms with Gasteiger partial charge in [0.25, 0.3) is 0 Å². The molecule has 0 atom stereocenters. The Balaban J connectivity index is 1.62. The molecule has 0 saturated carbocycles. The van der Waals surface area contributed by atoms with Crippen molar-refractivity contribution >= 4 is 21.1 Å². The minimum absolute atomic E-state index is 0.533. The van der Waals surface area contributed by atoms with E-state index in [1.807, 2.05) is 12.1 Å². The topological polar surface area (TPSA) is 72.2 Å². The molecular weight excluding hydrogens is 350 g/mol. The zero-order chi connectivity index (χ0) is 18.9. The number of fused-ring (bicyclic) bond motifs is 1. The molecule has 1 aromatic carbocycles. The number of aromatic nitrogens is 3. The largest absolute Gasteiger partial charge is 0.348 e. The Morgan fingerprint density at radius 2 is 1.96 bits per heavy atom. The van der Waals surface area contributed by atoms with Gasteiger partial charge in [-0.05, 0) is 24.4 Å². The SMILES string of the molecule is Cc1c(CNCCc2cc3ccccc3n2C)ncn1S(=O)(=O)N(C)C. The van der Waals surface area contributed by atoms with Crippen LogP contribution in [0.3, 0.4) is 0 Å². The summed E-state index contributed by atoms with van der Waals surface area (Å²) in [6, 6.07) is 10.5. The van der Waals surface area contributed by atoms with Gasteiger partial charge in [0.15, 0.2) is 0 Å². The Labute approximate surface area is 154 Å². The maximum absolute atomic E-state index is 12.2. The van der Waals surface area contributed by atoms with E-state index in [0.29, 0.717) is 12.2 Å². The van der Waals surface area contributed by atoms with Gasteiger partial charge in [-0.15, -0.1) is 0 Å². The van der Waals surface area contributed by atoms with Gasteiger partial charge in [-0.1, -0.05) is 18.2 Å². The van der Waals surface area contributed by atoms with E-state index in [1.54, 1.807) is 6.92 Å². The van der Waals surface area contributed by atoms with Crippen LogP contribution in [0.5, 0.6) is 0 Å². The van der Waals surface area contributed by atoms with Crippen LogP contribution in [0.2, 0.25) is 0 Å². The van der Waals surface area contributed by atoms with Crippen LogP contribution in [0.15, 0.2) is 36.7 Å². The number of rotatable bonds is 7. The fourth-order valence-corrected chi connectivity index (χ4v) is 3.99. The number of hydrogen-bond acceptors (Lipinski definition) is 4. The summed E-state index contributed by atoms with van der Waals surface area (Å²) in [7, 11) is 1.58. The molecule has 0 radical (unpaired) electrons. The predicted octanol–water partition coefficient (Wildman–Crippen LogP) is 1.67.